The normalized spacial score (nSPS) is 12.6. The van der Waals surface area contributed by atoms with Crippen molar-refractivity contribution in [2.24, 2.45) is 5.73 Å². The van der Waals surface area contributed by atoms with Gasteiger partial charge in [-0.05, 0) is 49.2 Å². The van der Waals surface area contributed by atoms with Crippen LogP contribution in [-0.2, 0) is 21.1 Å². The van der Waals surface area contributed by atoms with Crippen LogP contribution in [0, 0.1) is 0 Å². The number of sulfone groups is 1. The quantitative estimate of drug-likeness (QED) is 0.790. The molecule has 0 unspecified atom stereocenters. The van der Waals surface area contributed by atoms with Gasteiger partial charge in [0, 0.05) is 6.04 Å². The van der Waals surface area contributed by atoms with Gasteiger partial charge in [-0.3, -0.25) is 0 Å². The van der Waals surface area contributed by atoms with Gasteiger partial charge < -0.3 is 15.6 Å². The largest absolute Gasteiger partial charge is 0.482 e. The van der Waals surface area contributed by atoms with Crippen molar-refractivity contribution in [3.05, 3.63) is 54.1 Å². The lowest BCUT2D eigenvalue weighted by Gasteiger charge is -2.09. The van der Waals surface area contributed by atoms with E-state index in [1.54, 1.807) is 12.1 Å². The number of hydrogen-bond donors (Lipinski definition) is 2. The minimum absolute atomic E-state index is 0.00415. The van der Waals surface area contributed by atoms with Gasteiger partial charge in [0.05, 0.1) is 9.79 Å². The summed E-state index contributed by atoms with van der Waals surface area (Å²) in [4.78, 5) is 10.7. The minimum Gasteiger partial charge on any atom is -0.482 e. The van der Waals surface area contributed by atoms with Gasteiger partial charge in [-0.15, -0.1) is 0 Å². The van der Waals surface area contributed by atoms with Crippen molar-refractivity contribution in [1.29, 1.82) is 0 Å². The molecule has 0 aromatic heterocycles. The lowest BCUT2D eigenvalue weighted by molar-refractivity contribution is -0.139. The molecule has 2 aromatic rings. The van der Waals surface area contributed by atoms with Gasteiger partial charge in [0.25, 0.3) is 0 Å². The molecule has 0 radical (unpaired) electrons. The molecule has 0 heterocycles. The molecule has 0 saturated heterocycles. The molecule has 0 spiro atoms. The molecule has 0 aliphatic rings. The molecule has 0 saturated carbocycles. The SMILES string of the molecule is C[C@@H](N)Cc1ccc(S(=O)(=O)c2cccc(OCC(=O)O)c2)cc1. The van der Waals surface area contributed by atoms with E-state index in [1.165, 1.54) is 36.4 Å². The third kappa shape index (κ3) is 4.56. The van der Waals surface area contributed by atoms with Gasteiger partial charge in [0.2, 0.25) is 9.84 Å². The maximum Gasteiger partial charge on any atom is 0.341 e. The van der Waals surface area contributed by atoms with Gasteiger partial charge >= 0.3 is 5.97 Å². The second-order valence-electron chi connectivity index (χ2n) is 5.49. The molecule has 3 N–H and O–H groups in total. The molecule has 0 bridgehead atoms. The van der Waals surface area contributed by atoms with Crippen LogP contribution in [0.3, 0.4) is 0 Å². The molecule has 0 fully saturated rings. The maximum absolute atomic E-state index is 12.7. The van der Waals surface area contributed by atoms with Crippen molar-refractivity contribution < 1.29 is 23.1 Å². The second kappa shape index (κ2) is 7.46. The monoisotopic (exact) mass is 349 g/mol. The summed E-state index contributed by atoms with van der Waals surface area (Å²) in [5.41, 5.74) is 6.69. The second-order valence-corrected chi connectivity index (χ2v) is 7.44. The Balaban J connectivity index is 2.26. The molecular weight excluding hydrogens is 330 g/mol. The van der Waals surface area contributed by atoms with E-state index in [2.05, 4.69) is 0 Å². The molecule has 1 atom stereocenters. The highest BCUT2D eigenvalue weighted by molar-refractivity contribution is 7.91. The summed E-state index contributed by atoms with van der Waals surface area (Å²) >= 11 is 0. The van der Waals surface area contributed by atoms with E-state index in [0.717, 1.165) is 5.56 Å². The molecular formula is C17H19NO5S. The summed E-state index contributed by atoms with van der Waals surface area (Å²) in [6.07, 6.45) is 0.666. The van der Waals surface area contributed by atoms with Crippen LogP contribution in [0.4, 0.5) is 0 Å². The predicted octanol–water partition coefficient (Wildman–Crippen LogP) is 1.87. The van der Waals surface area contributed by atoms with E-state index in [0.29, 0.717) is 6.42 Å². The van der Waals surface area contributed by atoms with Gasteiger partial charge in [-0.1, -0.05) is 18.2 Å². The number of carbonyl (C=O) groups is 1. The zero-order valence-corrected chi connectivity index (χ0v) is 14.0. The van der Waals surface area contributed by atoms with Crippen LogP contribution in [0.5, 0.6) is 5.75 Å². The van der Waals surface area contributed by atoms with E-state index in [4.69, 9.17) is 15.6 Å². The van der Waals surface area contributed by atoms with Gasteiger partial charge in [-0.2, -0.15) is 0 Å². The summed E-state index contributed by atoms with van der Waals surface area (Å²) in [6, 6.07) is 12.3. The Hall–Kier alpha value is -2.38. The van der Waals surface area contributed by atoms with Gasteiger partial charge in [-0.25, -0.2) is 13.2 Å². The molecule has 6 nitrogen and oxygen atoms in total. The standard InChI is InChI=1S/C17H19NO5S/c1-12(18)9-13-5-7-15(8-6-13)24(21,22)16-4-2-3-14(10-16)23-11-17(19)20/h2-8,10,12H,9,11,18H2,1H3,(H,19,20)/t12-/m1/s1. The molecule has 0 amide bonds. The fourth-order valence-electron chi connectivity index (χ4n) is 2.19. The molecule has 0 aliphatic carbocycles. The summed E-state index contributed by atoms with van der Waals surface area (Å²) in [6.45, 7) is 1.35. The highest BCUT2D eigenvalue weighted by atomic mass is 32.2. The Bertz CT molecular complexity index is 813. The summed E-state index contributed by atoms with van der Waals surface area (Å²) in [5, 5.41) is 8.62. The Morgan fingerprint density at radius 1 is 1.17 bits per heavy atom. The topological polar surface area (TPSA) is 107 Å². The molecule has 2 rings (SSSR count). The van der Waals surface area contributed by atoms with Crippen molar-refractivity contribution in [1.82, 2.24) is 0 Å². The van der Waals surface area contributed by atoms with Crippen LogP contribution in [0.2, 0.25) is 0 Å². The maximum atomic E-state index is 12.7. The van der Waals surface area contributed by atoms with E-state index in [1.807, 2.05) is 6.92 Å². The highest BCUT2D eigenvalue weighted by Gasteiger charge is 2.18. The number of rotatable bonds is 7. The average molecular weight is 349 g/mol. The Morgan fingerprint density at radius 3 is 2.42 bits per heavy atom. The van der Waals surface area contributed by atoms with Crippen molar-refractivity contribution >= 4 is 15.8 Å². The van der Waals surface area contributed by atoms with Crippen LogP contribution in [0.25, 0.3) is 0 Å². The van der Waals surface area contributed by atoms with Crippen LogP contribution < -0.4 is 10.5 Å². The van der Waals surface area contributed by atoms with E-state index in [9.17, 15) is 13.2 Å². The molecule has 24 heavy (non-hydrogen) atoms. The number of nitrogens with two attached hydrogens (primary N) is 1. The first-order valence-corrected chi connectivity index (χ1v) is 8.81. The number of ether oxygens (including phenoxy) is 1. The first-order valence-electron chi connectivity index (χ1n) is 7.33. The number of hydrogen-bond acceptors (Lipinski definition) is 5. The van der Waals surface area contributed by atoms with Crippen molar-refractivity contribution in [3.8, 4) is 5.75 Å². The third-order valence-electron chi connectivity index (χ3n) is 3.27. The van der Waals surface area contributed by atoms with E-state index < -0.39 is 22.4 Å². The average Bonchev–Trinajstić information content (AvgIpc) is 2.53. The zero-order chi connectivity index (χ0) is 17.7. The van der Waals surface area contributed by atoms with Crippen LogP contribution in [-0.4, -0.2) is 32.1 Å². The van der Waals surface area contributed by atoms with Crippen LogP contribution in [0.15, 0.2) is 58.3 Å². The number of carboxylic acids is 1. The fourth-order valence-corrected chi connectivity index (χ4v) is 3.48. The van der Waals surface area contributed by atoms with Crippen molar-refractivity contribution in [3.63, 3.8) is 0 Å². The Kier molecular flexibility index (Phi) is 5.58. The first kappa shape index (κ1) is 18.0. The first-order chi connectivity index (χ1) is 11.3. The Morgan fingerprint density at radius 2 is 1.83 bits per heavy atom. The van der Waals surface area contributed by atoms with Crippen LogP contribution >= 0.6 is 0 Å². The van der Waals surface area contributed by atoms with Crippen molar-refractivity contribution in [2.75, 3.05) is 6.61 Å². The number of carboxylic acid groups (broad SMARTS) is 1. The van der Waals surface area contributed by atoms with Gasteiger partial charge in [0.1, 0.15) is 5.75 Å². The fraction of sp³-hybridized carbons (Fsp3) is 0.235. The van der Waals surface area contributed by atoms with E-state index >= 15 is 0 Å². The molecule has 0 aliphatic heterocycles. The zero-order valence-electron chi connectivity index (χ0n) is 13.2. The molecule has 7 heteroatoms. The van der Waals surface area contributed by atoms with E-state index in [-0.39, 0.29) is 21.6 Å². The smallest absolute Gasteiger partial charge is 0.341 e. The number of aliphatic carboxylic acids is 1. The third-order valence-corrected chi connectivity index (χ3v) is 5.04. The number of benzene rings is 2. The summed E-state index contributed by atoms with van der Waals surface area (Å²) < 4.78 is 30.3. The minimum atomic E-state index is -3.70. The lowest BCUT2D eigenvalue weighted by Crippen LogP contribution is -2.17. The predicted molar refractivity (Wildman–Crippen MR) is 88.8 cm³/mol. The van der Waals surface area contributed by atoms with Crippen molar-refractivity contribution in [2.45, 2.75) is 29.2 Å². The summed E-state index contributed by atoms with van der Waals surface area (Å²) in [7, 11) is -3.70. The lowest BCUT2D eigenvalue weighted by atomic mass is 10.1. The Labute approximate surface area is 140 Å². The molecule has 128 valence electrons. The molecule has 2 aromatic carbocycles. The van der Waals surface area contributed by atoms with Crippen LogP contribution in [0.1, 0.15) is 12.5 Å². The highest BCUT2D eigenvalue weighted by Crippen LogP contribution is 2.24. The summed E-state index contributed by atoms with van der Waals surface area (Å²) in [5.74, 6) is -0.944. The van der Waals surface area contributed by atoms with Gasteiger partial charge in [0.15, 0.2) is 6.61 Å².